The van der Waals surface area contributed by atoms with Gasteiger partial charge in [-0.05, 0) is 22.0 Å². The number of carboxylic acid groups (broad SMARTS) is 1. The van der Waals surface area contributed by atoms with Gasteiger partial charge in [-0.1, -0.05) is 6.07 Å². The molecule has 0 spiro atoms. The molecule has 0 aliphatic rings. The summed E-state index contributed by atoms with van der Waals surface area (Å²) in [7, 11) is 1.31. The molecule has 4 nitrogen and oxygen atoms in total. The Morgan fingerprint density at radius 3 is 2.81 bits per heavy atom. The number of hydrogen-bond acceptors (Lipinski definition) is 3. The predicted molar refractivity (Wildman–Crippen MR) is 59.8 cm³/mol. The number of halogens is 2. The van der Waals surface area contributed by atoms with Crippen LogP contribution < -0.4 is 10.5 Å². The number of hydrogen-bond donors (Lipinski definition) is 2. The van der Waals surface area contributed by atoms with E-state index in [4.69, 9.17) is 15.6 Å². The summed E-state index contributed by atoms with van der Waals surface area (Å²) in [5.74, 6) is -1.65. The third-order valence-electron chi connectivity index (χ3n) is 2.08. The fourth-order valence-electron chi connectivity index (χ4n) is 1.34. The number of aliphatic carboxylic acids is 1. The van der Waals surface area contributed by atoms with Gasteiger partial charge in [0.25, 0.3) is 0 Å². The lowest BCUT2D eigenvalue weighted by molar-refractivity contribution is -0.137. The van der Waals surface area contributed by atoms with Gasteiger partial charge in [-0.15, -0.1) is 0 Å². The molecule has 16 heavy (non-hydrogen) atoms. The average molecular weight is 292 g/mol. The summed E-state index contributed by atoms with van der Waals surface area (Å²) < 4.78 is 18.7. The van der Waals surface area contributed by atoms with Gasteiger partial charge in [-0.3, -0.25) is 4.79 Å². The van der Waals surface area contributed by atoms with Gasteiger partial charge in [0.05, 0.1) is 18.0 Å². The summed E-state index contributed by atoms with van der Waals surface area (Å²) in [6.07, 6.45) is -0.280. The number of rotatable bonds is 4. The molecule has 0 amide bonds. The molecule has 0 saturated heterocycles. The maximum Gasteiger partial charge on any atom is 0.305 e. The van der Waals surface area contributed by atoms with Crippen LogP contribution in [0.5, 0.6) is 5.75 Å². The van der Waals surface area contributed by atoms with Gasteiger partial charge in [0.1, 0.15) is 0 Å². The molecule has 0 fully saturated rings. The second-order valence-corrected chi connectivity index (χ2v) is 4.04. The largest absolute Gasteiger partial charge is 0.493 e. The first kappa shape index (κ1) is 12.9. The first-order valence-electron chi connectivity index (χ1n) is 4.46. The van der Waals surface area contributed by atoms with Crippen molar-refractivity contribution in [2.45, 2.75) is 12.5 Å². The van der Waals surface area contributed by atoms with Gasteiger partial charge in [0, 0.05) is 11.6 Å². The van der Waals surface area contributed by atoms with Gasteiger partial charge in [-0.2, -0.15) is 0 Å². The van der Waals surface area contributed by atoms with Crippen LogP contribution >= 0.6 is 15.9 Å². The van der Waals surface area contributed by atoms with Crippen LogP contribution in [-0.4, -0.2) is 18.2 Å². The number of methoxy groups -OCH3 is 1. The highest BCUT2D eigenvalue weighted by Crippen LogP contribution is 2.32. The minimum atomic E-state index is -1.04. The van der Waals surface area contributed by atoms with Crippen LogP contribution in [0.4, 0.5) is 4.39 Å². The fraction of sp³-hybridized carbons (Fsp3) is 0.300. The lowest BCUT2D eigenvalue weighted by Crippen LogP contribution is -2.16. The third kappa shape index (κ3) is 2.70. The van der Waals surface area contributed by atoms with Gasteiger partial charge >= 0.3 is 5.97 Å². The monoisotopic (exact) mass is 291 g/mol. The van der Waals surface area contributed by atoms with Crippen LogP contribution in [0.2, 0.25) is 0 Å². The number of carboxylic acids is 1. The molecule has 0 saturated carbocycles. The normalized spacial score (nSPS) is 12.2. The van der Waals surface area contributed by atoms with E-state index in [0.717, 1.165) is 0 Å². The molecule has 1 aromatic carbocycles. The quantitative estimate of drug-likeness (QED) is 0.891. The lowest BCUT2D eigenvalue weighted by Gasteiger charge is -2.15. The molecule has 0 bridgehead atoms. The van der Waals surface area contributed by atoms with E-state index in [1.807, 2.05) is 0 Å². The zero-order valence-corrected chi connectivity index (χ0v) is 10.1. The minimum absolute atomic E-state index is 0.0249. The zero-order valence-electron chi connectivity index (χ0n) is 8.54. The molecule has 0 aliphatic carbocycles. The Labute approximate surface area is 100 Å². The summed E-state index contributed by atoms with van der Waals surface area (Å²) in [6.45, 7) is 0. The SMILES string of the molecule is COc1c(C(N)CC(=O)O)ccc(Br)c1F. The molecule has 88 valence electrons. The van der Waals surface area contributed by atoms with E-state index in [2.05, 4.69) is 15.9 Å². The Bertz CT molecular complexity index is 411. The molecule has 0 heterocycles. The molecule has 0 aliphatic heterocycles. The standard InChI is InChI=1S/C10H11BrFNO3/c1-16-10-5(7(13)4-8(14)15)2-3-6(11)9(10)12/h2-3,7H,4,13H2,1H3,(H,14,15). The van der Waals surface area contributed by atoms with Crippen LogP contribution in [0.15, 0.2) is 16.6 Å². The van der Waals surface area contributed by atoms with Crippen molar-refractivity contribution in [2.75, 3.05) is 7.11 Å². The molecule has 3 N–H and O–H groups in total. The highest BCUT2D eigenvalue weighted by Gasteiger charge is 2.19. The average Bonchev–Trinajstić information content (AvgIpc) is 2.20. The van der Waals surface area contributed by atoms with E-state index in [0.29, 0.717) is 5.56 Å². The Hall–Kier alpha value is -1.14. The number of nitrogens with two attached hydrogens (primary N) is 1. The topological polar surface area (TPSA) is 72.5 Å². The van der Waals surface area contributed by atoms with E-state index >= 15 is 0 Å². The number of benzene rings is 1. The fourth-order valence-corrected chi connectivity index (χ4v) is 1.66. The van der Waals surface area contributed by atoms with E-state index in [1.54, 1.807) is 6.07 Å². The van der Waals surface area contributed by atoms with E-state index in [-0.39, 0.29) is 16.6 Å². The highest BCUT2D eigenvalue weighted by molar-refractivity contribution is 9.10. The van der Waals surface area contributed by atoms with Crippen LogP contribution in [0.1, 0.15) is 18.0 Å². The summed E-state index contributed by atoms with van der Waals surface area (Å²) in [5.41, 5.74) is 5.99. The van der Waals surface area contributed by atoms with Crippen LogP contribution in [-0.2, 0) is 4.79 Å². The van der Waals surface area contributed by atoms with Gasteiger partial charge in [0.15, 0.2) is 11.6 Å². The molecule has 1 atom stereocenters. The molecular formula is C10H11BrFNO3. The molecule has 1 unspecified atom stereocenters. The molecule has 1 rings (SSSR count). The third-order valence-corrected chi connectivity index (χ3v) is 2.69. The van der Waals surface area contributed by atoms with Gasteiger partial charge in [0.2, 0.25) is 0 Å². The Balaban J connectivity index is 3.13. The van der Waals surface area contributed by atoms with Crippen LogP contribution in [0, 0.1) is 5.82 Å². The maximum atomic E-state index is 13.6. The maximum absolute atomic E-state index is 13.6. The number of ether oxygens (including phenoxy) is 1. The Morgan fingerprint density at radius 1 is 1.69 bits per heavy atom. The second-order valence-electron chi connectivity index (χ2n) is 3.19. The molecule has 0 radical (unpaired) electrons. The van der Waals surface area contributed by atoms with Crippen molar-refractivity contribution in [1.82, 2.24) is 0 Å². The van der Waals surface area contributed by atoms with Crippen molar-refractivity contribution in [3.63, 3.8) is 0 Å². The Morgan fingerprint density at radius 2 is 2.31 bits per heavy atom. The Kier molecular flexibility index (Phi) is 4.26. The van der Waals surface area contributed by atoms with Crippen molar-refractivity contribution < 1.29 is 19.0 Å². The van der Waals surface area contributed by atoms with Crippen LogP contribution in [0.3, 0.4) is 0 Å². The summed E-state index contributed by atoms with van der Waals surface area (Å²) in [6, 6.07) is 2.21. The smallest absolute Gasteiger partial charge is 0.305 e. The zero-order chi connectivity index (χ0) is 12.3. The van der Waals surface area contributed by atoms with Gasteiger partial charge in [-0.25, -0.2) is 4.39 Å². The first-order valence-corrected chi connectivity index (χ1v) is 5.26. The predicted octanol–water partition coefficient (Wildman–Crippen LogP) is 2.07. The van der Waals surface area contributed by atoms with E-state index in [1.165, 1.54) is 13.2 Å². The molecule has 1 aromatic rings. The first-order chi connectivity index (χ1) is 7.47. The van der Waals surface area contributed by atoms with Crippen molar-refractivity contribution in [1.29, 1.82) is 0 Å². The second kappa shape index (κ2) is 5.27. The lowest BCUT2D eigenvalue weighted by atomic mass is 10.0. The minimum Gasteiger partial charge on any atom is -0.493 e. The van der Waals surface area contributed by atoms with Crippen LogP contribution in [0.25, 0.3) is 0 Å². The molecule has 6 heteroatoms. The van der Waals surface area contributed by atoms with Crippen molar-refractivity contribution >= 4 is 21.9 Å². The van der Waals surface area contributed by atoms with Gasteiger partial charge < -0.3 is 15.6 Å². The van der Waals surface area contributed by atoms with E-state index in [9.17, 15) is 9.18 Å². The molecule has 0 aromatic heterocycles. The van der Waals surface area contributed by atoms with Crippen molar-refractivity contribution in [3.8, 4) is 5.75 Å². The number of carbonyl (C=O) groups is 1. The van der Waals surface area contributed by atoms with Crippen molar-refractivity contribution in [3.05, 3.63) is 28.0 Å². The summed E-state index contributed by atoms with van der Waals surface area (Å²) in [4.78, 5) is 10.5. The molecular weight excluding hydrogens is 281 g/mol. The summed E-state index contributed by atoms with van der Waals surface area (Å²) >= 11 is 3.01. The summed E-state index contributed by atoms with van der Waals surface area (Å²) in [5, 5.41) is 8.61. The van der Waals surface area contributed by atoms with Crippen molar-refractivity contribution in [2.24, 2.45) is 5.73 Å². The highest BCUT2D eigenvalue weighted by atomic mass is 79.9. The van der Waals surface area contributed by atoms with E-state index < -0.39 is 17.8 Å².